The van der Waals surface area contributed by atoms with Gasteiger partial charge < -0.3 is 10.6 Å². The third-order valence-corrected chi connectivity index (χ3v) is 3.11. The summed E-state index contributed by atoms with van der Waals surface area (Å²) >= 11 is 0. The number of benzene rings is 1. The van der Waals surface area contributed by atoms with Gasteiger partial charge in [0, 0.05) is 6.54 Å². The molecule has 1 amide bonds. The predicted octanol–water partition coefficient (Wildman–Crippen LogP) is 3.03. The highest BCUT2D eigenvalue weighted by Gasteiger charge is 2.06. The smallest absolute Gasteiger partial charge is 0.229 e. The average Bonchev–Trinajstić information content (AvgIpc) is 2.49. The molecule has 0 fully saturated rings. The summed E-state index contributed by atoms with van der Waals surface area (Å²) in [6.07, 6.45) is 0.329. The fraction of sp³-hybridized carbons (Fsp3) is 0.353. The van der Waals surface area contributed by atoms with E-state index in [0.717, 1.165) is 12.1 Å². The van der Waals surface area contributed by atoms with Crippen LogP contribution in [0.2, 0.25) is 0 Å². The Labute approximate surface area is 131 Å². The Morgan fingerprint density at radius 2 is 1.68 bits per heavy atom. The van der Waals surface area contributed by atoms with Crippen LogP contribution in [-0.2, 0) is 11.2 Å². The van der Waals surface area contributed by atoms with Crippen LogP contribution in [0.3, 0.4) is 0 Å². The van der Waals surface area contributed by atoms with Crippen molar-refractivity contribution in [1.29, 1.82) is 0 Å². The Kier molecular flexibility index (Phi) is 5.47. The van der Waals surface area contributed by atoms with Gasteiger partial charge >= 0.3 is 0 Å². The van der Waals surface area contributed by atoms with Crippen molar-refractivity contribution in [2.45, 2.75) is 27.2 Å². The van der Waals surface area contributed by atoms with E-state index in [-0.39, 0.29) is 5.91 Å². The number of aromatic nitrogens is 2. The Morgan fingerprint density at radius 3 is 2.27 bits per heavy atom. The molecule has 1 aromatic heterocycles. The zero-order chi connectivity index (χ0) is 15.9. The molecule has 1 heterocycles. The molecule has 5 heteroatoms. The standard InChI is InChI=1S/C17H22N4O/c1-12(2)11-18-15-8-9-16(21-20-15)19-17(22)10-14-6-4-13(3)5-7-14/h4-9,12H,10-11H2,1-3H3,(H,18,20)(H,19,21,22). The van der Waals surface area contributed by atoms with E-state index in [4.69, 9.17) is 0 Å². The number of amides is 1. The minimum Gasteiger partial charge on any atom is -0.368 e. The average molecular weight is 298 g/mol. The SMILES string of the molecule is Cc1ccc(CC(=O)Nc2ccc(NCC(C)C)nn2)cc1. The molecule has 0 aliphatic carbocycles. The topological polar surface area (TPSA) is 66.9 Å². The maximum Gasteiger partial charge on any atom is 0.229 e. The quantitative estimate of drug-likeness (QED) is 0.860. The number of rotatable bonds is 6. The van der Waals surface area contributed by atoms with Gasteiger partial charge in [0.05, 0.1) is 6.42 Å². The van der Waals surface area contributed by atoms with Crippen LogP contribution >= 0.6 is 0 Å². The zero-order valence-electron chi connectivity index (χ0n) is 13.3. The van der Waals surface area contributed by atoms with Gasteiger partial charge in [0.15, 0.2) is 5.82 Å². The van der Waals surface area contributed by atoms with Crippen molar-refractivity contribution in [1.82, 2.24) is 10.2 Å². The summed E-state index contributed by atoms with van der Waals surface area (Å²) in [7, 11) is 0. The van der Waals surface area contributed by atoms with E-state index >= 15 is 0 Å². The third-order valence-electron chi connectivity index (χ3n) is 3.11. The monoisotopic (exact) mass is 298 g/mol. The number of nitrogens with one attached hydrogen (secondary N) is 2. The van der Waals surface area contributed by atoms with Gasteiger partial charge in [-0.15, -0.1) is 10.2 Å². The Hall–Kier alpha value is -2.43. The first-order valence-corrected chi connectivity index (χ1v) is 7.46. The molecule has 5 nitrogen and oxygen atoms in total. The van der Waals surface area contributed by atoms with Crippen LogP contribution in [0.15, 0.2) is 36.4 Å². The second-order valence-electron chi connectivity index (χ2n) is 5.79. The second-order valence-corrected chi connectivity index (χ2v) is 5.79. The lowest BCUT2D eigenvalue weighted by atomic mass is 10.1. The molecular weight excluding hydrogens is 276 g/mol. The summed E-state index contributed by atoms with van der Waals surface area (Å²) in [5.74, 6) is 1.62. The predicted molar refractivity (Wildman–Crippen MR) is 88.9 cm³/mol. The van der Waals surface area contributed by atoms with E-state index in [1.807, 2.05) is 37.3 Å². The first kappa shape index (κ1) is 15.9. The van der Waals surface area contributed by atoms with E-state index in [1.165, 1.54) is 5.56 Å². The van der Waals surface area contributed by atoms with Gasteiger partial charge in [0.1, 0.15) is 5.82 Å². The molecule has 0 saturated carbocycles. The molecule has 0 aliphatic heterocycles. The molecule has 0 saturated heterocycles. The molecule has 0 aliphatic rings. The first-order valence-electron chi connectivity index (χ1n) is 7.46. The number of aryl methyl sites for hydroxylation is 1. The van der Waals surface area contributed by atoms with Crippen molar-refractivity contribution < 1.29 is 4.79 Å². The van der Waals surface area contributed by atoms with E-state index < -0.39 is 0 Å². The Morgan fingerprint density at radius 1 is 1.05 bits per heavy atom. The molecule has 0 radical (unpaired) electrons. The normalized spacial score (nSPS) is 10.5. The van der Waals surface area contributed by atoms with Crippen molar-refractivity contribution >= 4 is 17.5 Å². The Balaban J connectivity index is 1.87. The molecule has 2 aromatic rings. The minimum absolute atomic E-state index is 0.0963. The summed E-state index contributed by atoms with van der Waals surface area (Å²) in [6.45, 7) is 7.11. The van der Waals surface area contributed by atoms with Crippen molar-refractivity contribution in [2.24, 2.45) is 5.92 Å². The lowest BCUT2D eigenvalue weighted by molar-refractivity contribution is -0.115. The highest BCUT2D eigenvalue weighted by atomic mass is 16.1. The van der Waals surface area contributed by atoms with Crippen LogP contribution in [0.1, 0.15) is 25.0 Å². The molecule has 0 atom stereocenters. The lowest BCUT2D eigenvalue weighted by Crippen LogP contribution is -2.16. The largest absolute Gasteiger partial charge is 0.368 e. The summed E-state index contributed by atoms with van der Waals surface area (Å²) in [6, 6.07) is 11.5. The summed E-state index contributed by atoms with van der Waals surface area (Å²) in [5, 5.41) is 14.0. The van der Waals surface area contributed by atoms with Gasteiger partial charge in [0.25, 0.3) is 0 Å². The van der Waals surface area contributed by atoms with Crippen molar-refractivity contribution in [3.63, 3.8) is 0 Å². The number of anilines is 2. The maximum atomic E-state index is 12.0. The number of hydrogen-bond donors (Lipinski definition) is 2. The van der Waals surface area contributed by atoms with Crippen LogP contribution in [-0.4, -0.2) is 22.6 Å². The van der Waals surface area contributed by atoms with Crippen LogP contribution < -0.4 is 10.6 Å². The van der Waals surface area contributed by atoms with E-state index in [0.29, 0.717) is 24.0 Å². The Bertz CT molecular complexity index is 606. The summed E-state index contributed by atoms with van der Waals surface area (Å²) in [4.78, 5) is 12.0. The molecule has 0 spiro atoms. The van der Waals surface area contributed by atoms with Gasteiger partial charge in [-0.1, -0.05) is 43.7 Å². The van der Waals surface area contributed by atoms with Gasteiger partial charge in [-0.3, -0.25) is 4.79 Å². The van der Waals surface area contributed by atoms with Gasteiger partial charge in [0.2, 0.25) is 5.91 Å². The highest BCUT2D eigenvalue weighted by molar-refractivity contribution is 5.91. The maximum absolute atomic E-state index is 12.0. The number of carbonyl (C=O) groups excluding carboxylic acids is 1. The number of nitrogens with zero attached hydrogens (tertiary/aromatic N) is 2. The molecule has 0 bridgehead atoms. The molecule has 1 aromatic carbocycles. The third kappa shape index (κ3) is 5.16. The molecule has 2 rings (SSSR count). The van der Waals surface area contributed by atoms with Crippen LogP contribution in [0, 0.1) is 12.8 Å². The highest BCUT2D eigenvalue weighted by Crippen LogP contribution is 2.09. The fourth-order valence-electron chi connectivity index (χ4n) is 1.88. The zero-order valence-corrected chi connectivity index (χ0v) is 13.3. The first-order chi connectivity index (χ1) is 10.5. The van der Waals surface area contributed by atoms with Crippen LogP contribution in [0.25, 0.3) is 0 Å². The minimum atomic E-state index is -0.0963. The molecule has 116 valence electrons. The van der Waals surface area contributed by atoms with E-state index in [1.54, 1.807) is 6.07 Å². The van der Waals surface area contributed by atoms with Crippen LogP contribution in [0.5, 0.6) is 0 Å². The number of carbonyl (C=O) groups is 1. The molecular formula is C17H22N4O. The summed E-state index contributed by atoms with van der Waals surface area (Å²) in [5.41, 5.74) is 2.16. The van der Waals surface area contributed by atoms with Crippen molar-refractivity contribution in [3.8, 4) is 0 Å². The van der Waals surface area contributed by atoms with Crippen molar-refractivity contribution in [2.75, 3.05) is 17.2 Å². The second kappa shape index (κ2) is 7.54. The summed E-state index contributed by atoms with van der Waals surface area (Å²) < 4.78 is 0. The van der Waals surface area contributed by atoms with E-state index in [2.05, 4.69) is 34.7 Å². The molecule has 2 N–H and O–H groups in total. The molecule has 0 unspecified atom stereocenters. The molecule has 22 heavy (non-hydrogen) atoms. The van der Waals surface area contributed by atoms with E-state index in [9.17, 15) is 4.79 Å². The van der Waals surface area contributed by atoms with Gasteiger partial charge in [-0.2, -0.15) is 0 Å². The van der Waals surface area contributed by atoms with Gasteiger partial charge in [-0.05, 0) is 30.5 Å². The van der Waals surface area contributed by atoms with Crippen LogP contribution in [0.4, 0.5) is 11.6 Å². The number of hydrogen-bond acceptors (Lipinski definition) is 4. The van der Waals surface area contributed by atoms with Crippen molar-refractivity contribution in [3.05, 3.63) is 47.5 Å². The lowest BCUT2D eigenvalue weighted by Gasteiger charge is -2.08. The fourth-order valence-corrected chi connectivity index (χ4v) is 1.88. The van der Waals surface area contributed by atoms with Gasteiger partial charge in [-0.25, -0.2) is 0 Å².